The van der Waals surface area contributed by atoms with Gasteiger partial charge in [0.15, 0.2) is 0 Å². The standard InChI is InChI=1S/C23H21ClFNO3/c1-3-10-29-23(28)22-15(2)26(14-16-6-4-9-19(25)11-16)21(27)13-20(22)17-7-5-8-18(24)12-17/h3-9,11-12,20H,1,10,13-14H2,2H3. The minimum atomic E-state index is -0.510. The first-order valence-electron chi connectivity index (χ1n) is 9.19. The van der Waals surface area contributed by atoms with Gasteiger partial charge in [-0.2, -0.15) is 0 Å². The third kappa shape index (κ3) is 4.74. The van der Waals surface area contributed by atoms with Crippen molar-refractivity contribution in [2.45, 2.75) is 25.8 Å². The maximum Gasteiger partial charge on any atom is 0.336 e. The van der Waals surface area contributed by atoms with Gasteiger partial charge in [-0.15, -0.1) is 0 Å². The second kappa shape index (κ2) is 9.05. The molecule has 1 heterocycles. The number of ether oxygens (including phenoxy) is 1. The molecule has 0 aromatic heterocycles. The highest BCUT2D eigenvalue weighted by atomic mass is 35.5. The fourth-order valence-corrected chi connectivity index (χ4v) is 3.71. The van der Waals surface area contributed by atoms with Crippen LogP contribution in [0, 0.1) is 5.82 Å². The number of carbonyl (C=O) groups is 2. The summed E-state index contributed by atoms with van der Waals surface area (Å²) in [5.74, 6) is -1.51. The van der Waals surface area contributed by atoms with Gasteiger partial charge in [0.1, 0.15) is 12.4 Å². The molecule has 0 saturated carbocycles. The number of nitrogens with zero attached hydrogens (tertiary/aromatic N) is 1. The summed E-state index contributed by atoms with van der Waals surface area (Å²) in [5.41, 5.74) is 2.29. The lowest BCUT2D eigenvalue weighted by Gasteiger charge is -2.34. The summed E-state index contributed by atoms with van der Waals surface area (Å²) < 4.78 is 18.9. The molecule has 0 saturated heterocycles. The lowest BCUT2D eigenvalue weighted by molar-refractivity contribution is -0.139. The van der Waals surface area contributed by atoms with Crippen molar-refractivity contribution in [2.75, 3.05) is 6.61 Å². The van der Waals surface area contributed by atoms with E-state index in [1.54, 1.807) is 37.3 Å². The van der Waals surface area contributed by atoms with Crippen LogP contribution >= 0.6 is 11.6 Å². The smallest absolute Gasteiger partial charge is 0.336 e. The molecule has 1 atom stereocenters. The first kappa shape index (κ1) is 20.8. The zero-order valence-electron chi connectivity index (χ0n) is 16.0. The number of benzene rings is 2. The third-order valence-corrected chi connectivity index (χ3v) is 5.09. The van der Waals surface area contributed by atoms with Gasteiger partial charge >= 0.3 is 5.97 Å². The first-order chi connectivity index (χ1) is 13.9. The minimum Gasteiger partial charge on any atom is -0.458 e. The van der Waals surface area contributed by atoms with Crippen LogP contribution in [0.25, 0.3) is 0 Å². The Kier molecular flexibility index (Phi) is 6.49. The Labute approximate surface area is 174 Å². The Morgan fingerprint density at radius 2 is 2.07 bits per heavy atom. The van der Waals surface area contributed by atoms with Gasteiger partial charge in [0.25, 0.3) is 0 Å². The van der Waals surface area contributed by atoms with Gasteiger partial charge < -0.3 is 9.64 Å². The number of rotatable bonds is 6. The topological polar surface area (TPSA) is 46.6 Å². The van der Waals surface area contributed by atoms with E-state index in [9.17, 15) is 14.0 Å². The van der Waals surface area contributed by atoms with Crippen LogP contribution in [0.3, 0.4) is 0 Å². The van der Waals surface area contributed by atoms with Crippen molar-refractivity contribution in [3.05, 3.63) is 94.4 Å². The zero-order valence-corrected chi connectivity index (χ0v) is 16.8. The van der Waals surface area contributed by atoms with Crippen LogP contribution in [0.15, 0.2) is 72.5 Å². The number of amides is 1. The SMILES string of the molecule is C=CCOC(=O)C1=C(C)N(Cc2cccc(F)c2)C(=O)CC1c1cccc(Cl)c1. The van der Waals surface area contributed by atoms with Crippen molar-refractivity contribution >= 4 is 23.5 Å². The molecule has 0 aliphatic carbocycles. The van der Waals surface area contributed by atoms with E-state index < -0.39 is 11.9 Å². The second-order valence-electron chi connectivity index (χ2n) is 6.81. The maximum atomic E-state index is 13.6. The first-order valence-corrected chi connectivity index (χ1v) is 9.57. The third-order valence-electron chi connectivity index (χ3n) is 4.86. The number of hydrogen-bond acceptors (Lipinski definition) is 3. The summed E-state index contributed by atoms with van der Waals surface area (Å²) >= 11 is 6.12. The molecular formula is C23H21ClFNO3. The average molecular weight is 414 g/mol. The lowest BCUT2D eigenvalue weighted by Crippen LogP contribution is -2.38. The molecule has 0 bridgehead atoms. The highest BCUT2D eigenvalue weighted by molar-refractivity contribution is 6.30. The van der Waals surface area contributed by atoms with Crippen molar-refractivity contribution < 1.29 is 18.7 Å². The summed E-state index contributed by atoms with van der Waals surface area (Å²) in [6.45, 7) is 5.51. The average Bonchev–Trinajstić information content (AvgIpc) is 2.69. The van der Waals surface area contributed by atoms with Crippen LogP contribution < -0.4 is 0 Å². The molecule has 1 aliphatic rings. The Bertz CT molecular complexity index is 986. The monoisotopic (exact) mass is 413 g/mol. The van der Waals surface area contributed by atoms with Crippen molar-refractivity contribution in [1.29, 1.82) is 0 Å². The number of carbonyl (C=O) groups excluding carboxylic acids is 2. The summed E-state index contributed by atoms with van der Waals surface area (Å²) in [6, 6.07) is 13.1. The minimum absolute atomic E-state index is 0.0652. The van der Waals surface area contributed by atoms with Gasteiger partial charge in [0.2, 0.25) is 5.91 Å². The van der Waals surface area contributed by atoms with E-state index in [2.05, 4.69) is 6.58 Å². The fourth-order valence-electron chi connectivity index (χ4n) is 3.51. The molecule has 1 aliphatic heterocycles. The van der Waals surface area contributed by atoms with Crippen LogP contribution in [0.1, 0.15) is 30.4 Å². The van der Waals surface area contributed by atoms with Gasteiger partial charge in [0, 0.05) is 23.1 Å². The van der Waals surface area contributed by atoms with E-state index in [4.69, 9.17) is 16.3 Å². The molecule has 4 nitrogen and oxygen atoms in total. The second-order valence-corrected chi connectivity index (χ2v) is 7.24. The number of allylic oxidation sites excluding steroid dienone is 1. The van der Waals surface area contributed by atoms with E-state index in [-0.39, 0.29) is 31.3 Å². The molecule has 3 rings (SSSR count). The van der Waals surface area contributed by atoms with E-state index >= 15 is 0 Å². The van der Waals surface area contributed by atoms with E-state index in [1.807, 2.05) is 6.07 Å². The molecule has 0 N–H and O–H groups in total. The molecule has 29 heavy (non-hydrogen) atoms. The van der Waals surface area contributed by atoms with Gasteiger partial charge in [-0.1, -0.05) is 48.5 Å². The Morgan fingerprint density at radius 1 is 1.31 bits per heavy atom. The summed E-state index contributed by atoms with van der Waals surface area (Å²) in [4.78, 5) is 27.3. The zero-order chi connectivity index (χ0) is 21.0. The molecule has 0 radical (unpaired) electrons. The molecule has 6 heteroatoms. The Hall–Kier alpha value is -2.92. The van der Waals surface area contributed by atoms with Crippen molar-refractivity contribution in [1.82, 2.24) is 4.90 Å². The molecule has 1 amide bonds. The van der Waals surface area contributed by atoms with Crippen LogP contribution in [0.5, 0.6) is 0 Å². The highest BCUT2D eigenvalue weighted by Crippen LogP contribution is 2.38. The highest BCUT2D eigenvalue weighted by Gasteiger charge is 2.37. The molecule has 2 aromatic carbocycles. The van der Waals surface area contributed by atoms with Crippen LogP contribution in [-0.4, -0.2) is 23.4 Å². The van der Waals surface area contributed by atoms with Crippen molar-refractivity contribution in [2.24, 2.45) is 0 Å². The molecule has 1 unspecified atom stereocenters. The van der Waals surface area contributed by atoms with E-state index in [0.29, 0.717) is 21.9 Å². The predicted octanol–water partition coefficient (Wildman–Crippen LogP) is 5.00. The molecule has 0 spiro atoms. The number of esters is 1. The normalized spacial score (nSPS) is 16.7. The van der Waals surface area contributed by atoms with E-state index in [0.717, 1.165) is 5.56 Å². The van der Waals surface area contributed by atoms with E-state index in [1.165, 1.54) is 23.1 Å². The molecule has 150 valence electrons. The summed E-state index contributed by atoms with van der Waals surface area (Å²) in [5, 5.41) is 0.522. The fraction of sp³-hybridized carbons (Fsp3) is 0.217. The van der Waals surface area contributed by atoms with Gasteiger partial charge in [-0.3, -0.25) is 4.79 Å². The van der Waals surface area contributed by atoms with Crippen molar-refractivity contribution in [3.8, 4) is 0 Å². The predicted molar refractivity (Wildman–Crippen MR) is 110 cm³/mol. The van der Waals surface area contributed by atoms with Gasteiger partial charge in [-0.25, -0.2) is 9.18 Å². The quantitative estimate of drug-likeness (QED) is 0.494. The maximum absolute atomic E-state index is 13.6. The van der Waals surface area contributed by atoms with Crippen LogP contribution in [-0.2, 0) is 20.9 Å². The number of hydrogen-bond donors (Lipinski definition) is 0. The number of halogens is 2. The molecule has 0 fully saturated rings. The lowest BCUT2D eigenvalue weighted by atomic mass is 9.83. The Balaban J connectivity index is 2.03. The molecule has 2 aromatic rings. The summed E-state index contributed by atoms with van der Waals surface area (Å²) in [6.07, 6.45) is 1.58. The van der Waals surface area contributed by atoms with Gasteiger partial charge in [0.05, 0.1) is 12.1 Å². The van der Waals surface area contributed by atoms with Crippen LogP contribution in [0.4, 0.5) is 4.39 Å². The molecular weight excluding hydrogens is 393 g/mol. The van der Waals surface area contributed by atoms with Crippen LogP contribution in [0.2, 0.25) is 5.02 Å². The van der Waals surface area contributed by atoms with Gasteiger partial charge in [-0.05, 0) is 42.3 Å². The largest absolute Gasteiger partial charge is 0.458 e. The van der Waals surface area contributed by atoms with Crippen molar-refractivity contribution in [3.63, 3.8) is 0 Å². The Morgan fingerprint density at radius 3 is 2.76 bits per heavy atom. The summed E-state index contributed by atoms with van der Waals surface area (Å²) in [7, 11) is 0.